The molecular weight excluding hydrogens is 416 g/mol. The van der Waals surface area contributed by atoms with E-state index in [0.29, 0.717) is 23.5 Å². The third kappa shape index (κ3) is 4.11. The predicted molar refractivity (Wildman–Crippen MR) is 111 cm³/mol. The summed E-state index contributed by atoms with van der Waals surface area (Å²) in [4.78, 5) is 36.6. The van der Waals surface area contributed by atoms with E-state index < -0.39 is 47.7 Å². The molecule has 0 aliphatic carbocycles. The van der Waals surface area contributed by atoms with E-state index in [0.717, 1.165) is 5.56 Å². The van der Waals surface area contributed by atoms with Gasteiger partial charge >= 0.3 is 17.9 Å². The summed E-state index contributed by atoms with van der Waals surface area (Å²) < 4.78 is 28.9. The molecule has 1 saturated heterocycles. The molecule has 6 atom stereocenters. The maximum atomic E-state index is 12.7. The van der Waals surface area contributed by atoms with Gasteiger partial charge in [-0.2, -0.15) is 0 Å². The Morgan fingerprint density at radius 1 is 1.19 bits per heavy atom. The Morgan fingerprint density at radius 2 is 1.88 bits per heavy atom. The van der Waals surface area contributed by atoms with Crippen LogP contribution in [0.4, 0.5) is 0 Å². The van der Waals surface area contributed by atoms with E-state index in [1.54, 1.807) is 13.0 Å². The van der Waals surface area contributed by atoms with Crippen molar-refractivity contribution in [2.45, 2.75) is 77.5 Å². The first-order valence-electron chi connectivity index (χ1n) is 10.7. The number of hydrogen-bond acceptors (Lipinski definition) is 8. The minimum atomic E-state index is -0.885. The largest absolute Gasteiger partial charge is 0.459 e. The molecule has 0 spiro atoms. The van der Waals surface area contributed by atoms with Crippen molar-refractivity contribution in [3.63, 3.8) is 0 Å². The number of hydrogen-bond donors (Lipinski definition) is 0. The average Bonchev–Trinajstić information content (AvgIpc) is 2.98. The number of epoxide rings is 1. The first-order valence-corrected chi connectivity index (χ1v) is 10.7. The minimum Gasteiger partial charge on any atom is -0.459 e. The Morgan fingerprint density at radius 3 is 2.50 bits per heavy atom. The number of carbonyl (C=O) groups is 3. The Hall–Kier alpha value is -2.87. The fourth-order valence-corrected chi connectivity index (χ4v) is 4.68. The highest BCUT2D eigenvalue weighted by Crippen LogP contribution is 2.54. The smallest absolute Gasteiger partial charge is 0.338 e. The lowest BCUT2D eigenvalue weighted by molar-refractivity contribution is -0.154. The topological polar surface area (TPSA) is 105 Å². The molecule has 4 rings (SSSR count). The van der Waals surface area contributed by atoms with Crippen LogP contribution in [-0.4, -0.2) is 35.7 Å². The minimum absolute atomic E-state index is 0.174. The molecule has 1 unspecified atom stereocenters. The van der Waals surface area contributed by atoms with E-state index in [9.17, 15) is 14.4 Å². The van der Waals surface area contributed by atoms with Gasteiger partial charge < -0.3 is 23.4 Å². The molecule has 1 aromatic rings. The molecule has 32 heavy (non-hydrogen) atoms. The van der Waals surface area contributed by atoms with Crippen LogP contribution in [-0.2, 0) is 33.3 Å². The van der Waals surface area contributed by atoms with Crippen LogP contribution in [0.25, 0.3) is 0 Å². The predicted octanol–water partition coefficient (Wildman–Crippen LogP) is 3.79. The van der Waals surface area contributed by atoms with Crippen LogP contribution in [0.15, 0.2) is 34.3 Å². The Balaban J connectivity index is 1.84. The number of fused-ring (bicyclic) bond motifs is 5. The van der Waals surface area contributed by atoms with Crippen LogP contribution in [0.3, 0.4) is 0 Å². The Labute approximate surface area is 186 Å². The highest BCUT2D eigenvalue weighted by molar-refractivity contribution is 5.92. The first-order chi connectivity index (χ1) is 15.0. The van der Waals surface area contributed by atoms with Crippen LogP contribution in [0.2, 0.25) is 0 Å². The number of esters is 3. The number of rotatable bonds is 3. The summed E-state index contributed by atoms with van der Waals surface area (Å²) in [5.41, 5.74) is 1.20. The average molecular weight is 444 g/mol. The first kappa shape index (κ1) is 22.3. The molecule has 3 aliphatic rings. The molecule has 8 nitrogen and oxygen atoms in total. The van der Waals surface area contributed by atoms with Gasteiger partial charge in [0.25, 0.3) is 0 Å². The number of carbonyl (C=O) groups excluding carboxylic acids is 3. The molecule has 172 valence electrons. The van der Waals surface area contributed by atoms with Gasteiger partial charge in [-0.05, 0) is 44.9 Å². The monoisotopic (exact) mass is 444 g/mol. The summed E-state index contributed by atoms with van der Waals surface area (Å²) in [6.07, 6.45) is -0.196. The quantitative estimate of drug-likeness (QED) is 0.300. The second-order valence-electron chi connectivity index (χ2n) is 9.09. The van der Waals surface area contributed by atoms with Crippen molar-refractivity contribution >= 4 is 17.9 Å². The maximum absolute atomic E-state index is 12.7. The van der Waals surface area contributed by atoms with E-state index in [-0.39, 0.29) is 18.1 Å². The molecule has 3 aliphatic heterocycles. The summed E-state index contributed by atoms with van der Waals surface area (Å²) in [6, 6.07) is 1.88. The molecular formula is C24H28O8. The summed E-state index contributed by atoms with van der Waals surface area (Å²) >= 11 is 0. The Kier molecular flexibility index (Phi) is 5.53. The molecule has 1 fully saturated rings. The fraction of sp³-hybridized carbons (Fsp3) is 0.542. The van der Waals surface area contributed by atoms with Gasteiger partial charge in [-0.1, -0.05) is 12.2 Å². The van der Waals surface area contributed by atoms with E-state index in [4.69, 9.17) is 23.4 Å². The third-order valence-corrected chi connectivity index (χ3v) is 6.26. The van der Waals surface area contributed by atoms with Gasteiger partial charge in [0.2, 0.25) is 0 Å². The van der Waals surface area contributed by atoms with Crippen molar-refractivity contribution in [3.8, 4) is 0 Å². The lowest BCUT2D eigenvalue weighted by atomic mass is 9.85. The third-order valence-electron chi connectivity index (χ3n) is 6.26. The van der Waals surface area contributed by atoms with Crippen LogP contribution in [0, 0.1) is 12.8 Å². The van der Waals surface area contributed by atoms with Crippen molar-refractivity contribution in [3.05, 3.63) is 47.0 Å². The molecule has 4 bridgehead atoms. The summed E-state index contributed by atoms with van der Waals surface area (Å²) in [7, 11) is 0. The molecule has 0 amide bonds. The van der Waals surface area contributed by atoms with E-state index in [2.05, 4.69) is 6.58 Å². The van der Waals surface area contributed by atoms with Gasteiger partial charge in [-0.25, -0.2) is 4.79 Å². The van der Waals surface area contributed by atoms with Crippen molar-refractivity contribution < 1.29 is 37.7 Å². The summed E-state index contributed by atoms with van der Waals surface area (Å²) in [5, 5.41) is 0. The van der Waals surface area contributed by atoms with Gasteiger partial charge in [0, 0.05) is 26.2 Å². The number of furan rings is 1. The zero-order chi connectivity index (χ0) is 23.4. The van der Waals surface area contributed by atoms with Crippen molar-refractivity contribution in [1.29, 1.82) is 0 Å². The molecule has 0 saturated carbocycles. The molecule has 0 radical (unpaired) electrons. The van der Waals surface area contributed by atoms with Crippen LogP contribution in [0.1, 0.15) is 69.8 Å². The summed E-state index contributed by atoms with van der Waals surface area (Å²) in [5.74, 6) is -0.919. The maximum Gasteiger partial charge on any atom is 0.338 e. The zero-order valence-electron chi connectivity index (χ0n) is 18.9. The van der Waals surface area contributed by atoms with Crippen LogP contribution in [0.5, 0.6) is 0 Å². The lowest BCUT2D eigenvalue weighted by Gasteiger charge is -2.29. The van der Waals surface area contributed by atoms with Gasteiger partial charge in [0.05, 0.1) is 5.57 Å². The summed E-state index contributed by atoms with van der Waals surface area (Å²) in [6.45, 7) is 12.3. The lowest BCUT2D eigenvalue weighted by Crippen LogP contribution is -2.29. The standard InChI is InChI=1S/C24H28O8/c1-11(2)16-9-18(28-13(4)25)17-8-15(30-23(17)27)10-24(6)22(32-24)19-7-12(3)20(31-19)21(16)29-14(5)26/h7-8,15-16,18,21-22H,1,9-10H2,2-6H3/t15-,16?,18-,21+,22-,24-/m0/s1. The molecule has 0 aromatic carbocycles. The van der Waals surface area contributed by atoms with Gasteiger partial charge in [-0.15, -0.1) is 0 Å². The molecule has 1 aromatic heterocycles. The van der Waals surface area contributed by atoms with Crippen molar-refractivity contribution in [2.75, 3.05) is 0 Å². The molecule has 4 heterocycles. The van der Waals surface area contributed by atoms with Crippen molar-refractivity contribution in [2.24, 2.45) is 5.92 Å². The van der Waals surface area contributed by atoms with Gasteiger partial charge in [0.15, 0.2) is 6.10 Å². The van der Waals surface area contributed by atoms with Crippen molar-refractivity contribution in [1.82, 2.24) is 0 Å². The SMILES string of the molecule is C=C(C)C1C[C@H](OC(C)=O)C2=C[C@@H](C[C@]3(C)O[C@H]3c3cc(C)c(o3)[C@@H]1OC(C)=O)OC2=O. The second kappa shape index (κ2) is 7.92. The normalized spacial score (nSPS) is 33.5. The van der Waals surface area contributed by atoms with Crippen LogP contribution >= 0.6 is 0 Å². The van der Waals surface area contributed by atoms with E-state index in [1.165, 1.54) is 13.8 Å². The van der Waals surface area contributed by atoms with E-state index in [1.807, 2.05) is 19.9 Å². The van der Waals surface area contributed by atoms with E-state index >= 15 is 0 Å². The highest BCUT2D eigenvalue weighted by Gasteiger charge is 2.57. The number of ether oxygens (including phenoxy) is 4. The Bertz CT molecular complexity index is 1020. The zero-order valence-corrected chi connectivity index (χ0v) is 18.9. The molecule has 0 N–H and O–H groups in total. The molecule has 8 heteroatoms. The highest BCUT2D eigenvalue weighted by atomic mass is 16.6. The van der Waals surface area contributed by atoms with Crippen LogP contribution < -0.4 is 0 Å². The second-order valence-corrected chi connectivity index (χ2v) is 9.09. The number of aryl methyl sites for hydroxylation is 1. The fourth-order valence-electron chi connectivity index (χ4n) is 4.68. The van der Waals surface area contributed by atoms with Gasteiger partial charge in [0.1, 0.15) is 35.4 Å². The van der Waals surface area contributed by atoms with Gasteiger partial charge in [-0.3, -0.25) is 9.59 Å².